The summed E-state index contributed by atoms with van der Waals surface area (Å²) in [5.74, 6) is -0.103. The van der Waals surface area contributed by atoms with Crippen LogP contribution >= 0.6 is 11.6 Å². The molecule has 0 spiro atoms. The lowest BCUT2D eigenvalue weighted by Crippen LogP contribution is -2.46. The van der Waals surface area contributed by atoms with Crippen molar-refractivity contribution in [2.75, 3.05) is 42.9 Å². The molecule has 1 aliphatic heterocycles. The number of hydrogen-bond acceptors (Lipinski definition) is 3. The summed E-state index contributed by atoms with van der Waals surface area (Å²) in [7, 11) is 0. The van der Waals surface area contributed by atoms with Crippen LogP contribution in [0, 0.1) is 6.92 Å². The van der Waals surface area contributed by atoms with Gasteiger partial charge in [0.15, 0.2) is 0 Å². The molecular weight excluding hydrogens is 334 g/mol. The topological polar surface area (TPSA) is 35.6 Å². The highest BCUT2D eigenvalue weighted by Crippen LogP contribution is 2.35. The van der Waals surface area contributed by atoms with Crippen LogP contribution in [0.2, 0.25) is 5.02 Å². The number of para-hydroxylation sites is 1. The number of anilines is 2. The molecule has 1 heterocycles. The summed E-state index contributed by atoms with van der Waals surface area (Å²) < 4.78 is 0. The molecule has 1 N–H and O–H groups in total. The van der Waals surface area contributed by atoms with Crippen molar-refractivity contribution in [3.8, 4) is 0 Å². The predicted molar refractivity (Wildman–Crippen MR) is 105 cm³/mol. The number of halogens is 1. The van der Waals surface area contributed by atoms with Gasteiger partial charge in [0.2, 0.25) is 0 Å². The van der Waals surface area contributed by atoms with Crippen molar-refractivity contribution in [2.45, 2.75) is 13.8 Å². The van der Waals surface area contributed by atoms with E-state index in [9.17, 15) is 4.79 Å². The minimum Gasteiger partial charge on any atom is -0.366 e. The fourth-order valence-corrected chi connectivity index (χ4v) is 3.54. The van der Waals surface area contributed by atoms with Crippen molar-refractivity contribution in [1.29, 1.82) is 0 Å². The van der Waals surface area contributed by atoms with Crippen molar-refractivity contribution in [2.24, 2.45) is 0 Å². The second-order valence-electron chi connectivity index (χ2n) is 6.33. The Hall–Kier alpha value is -2.04. The van der Waals surface area contributed by atoms with E-state index in [1.54, 1.807) is 0 Å². The Kier molecular flexibility index (Phi) is 5.61. The Bertz CT molecular complexity index is 754. The van der Waals surface area contributed by atoms with Gasteiger partial charge in [0, 0.05) is 31.7 Å². The molecule has 3 rings (SSSR count). The molecule has 0 bridgehead atoms. The van der Waals surface area contributed by atoms with Gasteiger partial charge in [-0.2, -0.15) is 0 Å². The highest BCUT2D eigenvalue weighted by molar-refractivity contribution is 6.34. The number of carbonyl (C=O) groups is 1. The first-order valence-corrected chi connectivity index (χ1v) is 9.10. The zero-order chi connectivity index (χ0) is 17.8. The maximum Gasteiger partial charge on any atom is 0.255 e. The number of piperazine rings is 1. The summed E-state index contributed by atoms with van der Waals surface area (Å²) >= 11 is 6.49. The molecule has 1 amide bonds. The molecule has 1 aliphatic rings. The fourth-order valence-electron chi connectivity index (χ4n) is 3.24. The normalized spacial score (nSPS) is 15.2. The lowest BCUT2D eigenvalue weighted by molar-refractivity contribution is 0.102. The van der Waals surface area contributed by atoms with Gasteiger partial charge in [-0.3, -0.25) is 4.79 Å². The van der Waals surface area contributed by atoms with Gasteiger partial charge >= 0.3 is 0 Å². The molecule has 5 heteroatoms. The third kappa shape index (κ3) is 3.97. The average Bonchev–Trinajstić information content (AvgIpc) is 2.62. The molecule has 1 saturated heterocycles. The van der Waals surface area contributed by atoms with Crippen LogP contribution in [0.4, 0.5) is 11.4 Å². The van der Waals surface area contributed by atoms with Gasteiger partial charge in [-0.15, -0.1) is 0 Å². The molecule has 0 radical (unpaired) electrons. The van der Waals surface area contributed by atoms with Crippen LogP contribution in [0.25, 0.3) is 0 Å². The van der Waals surface area contributed by atoms with E-state index in [1.807, 2.05) is 49.4 Å². The highest BCUT2D eigenvalue weighted by atomic mass is 35.5. The SMILES string of the molecule is CCN1CCN(c2c(Cl)cccc2NC(=O)c2ccccc2C)CC1. The lowest BCUT2D eigenvalue weighted by Gasteiger charge is -2.36. The minimum atomic E-state index is -0.103. The van der Waals surface area contributed by atoms with Crippen LogP contribution in [-0.2, 0) is 0 Å². The first-order chi connectivity index (χ1) is 12.1. The third-order valence-electron chi connectivity index (χ3n) is 4.76. The maximum absolute atomic E-state index is 12.7. The van der Waals surface area contributed by atoms with E-state index in [0.717, 1.165) is 49.7 Å². The molecule has 0 atom stereocenters. The number of carbonyl (C=O) groups excluding carboxylic acids is 1. The second-order valence-corrected chi connectivity index (χ2v) is 6.73. The zero-order valence-electron chi connectivity index (χ0n) is 14.8. The van der Waals surface area contributed by atoms with Gasteiger partial charge in [-0.1, -0.05) is 42.8 Å². The van der Waals surface area contributed by atoms with Gasteiger partial charge in [-0.25, -0.2) is 0 Å². The van der Waals surface area contributed by atoms with Crippen LogP contribution in [0.15, 0.2) is 42.5 Å². The fraction of sp³-hybridized carbons (Fsp3) is 0.350. The summed E-state index contributed by atoms with van der Waals surface area (Å²) in [5.41, 5.74) is 3.33. The average molecular weight is 358 g/mol. The molecule has 1 fully saturated rings. The molecular formula is C20H24ClN3O. The molecule has 0 aliphatic carbocycles. The van der Waals surface area contributed by atoms with Crippen molar-refractivity contribution in [3.05, 3.63) is 58.6 Å². The minimum absolute atomic E-state index is 0.103. The van der Waals surface area contributed by atoms with E-state index in [0.29, 0.717) is 10.6 Å². The second kappa shape index (κ2) is 7.89. The van der Waals surface area contributed by atoms with Crippen LogP contribution < -0.4 is 10.2 Å². The van der Waals surface area contributed by atoms with Gasteiger partial charge in [0.05, 0.1) is 16.4 Å². The summed E-state index contributed by atoms with van der Waals surface area (Å²) in [6, 6.07) is 13.3. The molecule has 4 nitrogen and oxygen atoms in total. The lowest BCUT2D eigenvalue weighted by atomic mass is 10.1. The Balaban J connectivity index is 1.84. The van der Waals surface area contributed by atoms with Gasteiger partial charge < -0.3 is 15.1 Å². The number of amides is 1. The maximum atomic E-state index is 12.7. The van der Waals surface area contributed by atoms with E-state index >= 15 is 0 Å². The van der Waals surface area contributed by atoms with Crippen molar-refractivity contribution >= 4 is 28.9 Å². The Labute approximate surface area is 154 Å². The standard InChI is InChI=1S/C20H24ClN3O/c1-3-23-11-13-24(14-12-23)19-17(21)9-6-10-18(19)22-20(25)16-8-5-4-7-15(16)2/h4-10H,3,11-14H2,1-2H3,(H,22,25). The molecule has 0 aromatic heterocycles. The predicted octanol–water partition coefficient (Wildman–Crippen LogP) is 4.04. The van der Waals surface area contributed by atoms with Crippen LogP contribution in [-0.4, -0.2) is 43.5 Å². The van der Waals surface area contributed by atoms with E-state index in [4.69, 9.17) is 11.6 Å². The number of benzene rings is 2. The first kappa shape index (κ1) is 17.8. The van der Waals surface area contributed by atoms with E-state index in [1.165, 1.54) is 0 Å². The Morgan fingerprint density at radius 2 is 1.80 bits per heavy atom. The molecule has 2 aromatic carbocycles. The number of nitrogens with zero attached hydrogens (tertiary/aromatic N) is 2. The zero-order valence-corrected chi connectivity index (χ0v) is 15.5. The summed E-state index contributed by atoms with van der Waals surface area (Å²) in [5, 5.41) is 3.73. The summed E-state index contributed by atoms with van der Waals surface area (Å²) in [4.78, 5) is 17.4. The van der Waals surface area contributed by atoms with Gasteiger partial charge in [-0.05, 0) is 37.2 Å². The molecule has 0 unspecified atom stereocenters. The van der Waals surface area contributed by atoms with Gasteiger partial charge in [0.25, 0.3) is 5.91 Å². The van der Waals surface area contributed by atoms with Crippen LogP contribution in [0.5, 0.6) is 0 Å². The monoisotopic (exact) mass is 357 g/mol. The van der Waals surface area contributed by atoms with Crippen molar-refractivity contribution < 1.29 is 4.79 Å². The third-order valence-corrected chi connectivity index (χ3v) is 5.07. The number of nitrogens with one attached hydrogen (secondary N) is 1. The van der Waals surface area contributed by atoms with E-state index < -0.39 is 0 Å². The van der Waals surface area contributed by atoms with Crippen LogP contribution in [0.3, 0.4) is 0 Å². The van der Waals surface area contributed by atoms with E-state index in [2.05, 4.69) is 22.0 Å². The van der Waals surface area contributed by atoms with E-state index in [-0.39, 0.29) is 5.91 Å². The Morgan fingerprint density at radius 1 is 1.08 bits per heavy atom. The highest BCUT2D eigenvalue weighted by Gasteiger charge is 2.21. The largest absolute Gasteiger partial charge is 0.366 e. The first-order valence-electron chi connectivity index (χ1n) is 8.73. The number of hydrogen-bond donors (Lipinski definition) is 1. The molecule has 0 saturated carbocycles. The number of likely N-dealkylation sites (N-methyl/N-ethyl adjacent to an activating group) is 1. The molecule has 2 aromatic rings. The summed E-state index contributed by atoms with van der Waals surface area (Å²) in [6.45, 7) is 9.01. The quantitative estimate of drug-likeness (QED) is 0.896. The number of aryl methyl sites for hydroxylation is 1. The van der Waals surface area contributed by atoms with Crippen LogP contribution in [0.1, 0.15) is 22.8 Å². The summed E-state index contributed by atoms with van der Waals surface area (Å²) in [6.07, 6.45) is 0. The molecule has 132 valence electrons. The van der Waals surface area contributed by atoms with Gasteiger partial charge in [0.1, 0.15) is 0 Å². The molecule has 25 heavy (non-hydrogen) atoms. The number of rotatable bonds is 4. The van der Waals surface area contributed by atoms with Crippen molar-refractivity contribution in [1.82, 2.24) is 4.90 Å². The Morgan fingerprint density at radius 3 is 2.48 bits per heavy atom. The smallest absolute Gasteiger partial charge is 0.255 e. The van der Waals surface area contributed by atoms with Crippen molar-refractivity contribution in [3.63, 3.8) is 0 Å².